The van der Waals surface area contributed by atoms with Gasteiger partial charge in [-0.3, -0.25) is 4.79 Å². The molecule has 1 aromatic rings. The number of nitrogens with one attached hydrogen (secondary N) is 2. The number of carbonyl (C=O) groups excluding carboxylic acids is 2. The highest BCUT2D eigenvalue weighted by Gasteiger charge is 2.12. The zero-order valence-corrected chi connectivity index (χ0v) is 12.0. The zero-order chi connectivity index (χ0) is 14.3. The van der Waals surface area contributed by atoms with Crippen molar-refractivity contribution in [1.82, 2.24) is 5.32 Å². The van der Waals surface area contributed by atoms with Gasteiger partial charge in [0, 0.05) is 16.6 Å². The first-order valence-corrected chi connectivity index (χ1v) is 7.06. The van der Waals surface area contributed by atoms with Crippen LogP contribution in [0, 0.1) is 0 Å². The van der Waals surface area contributed by atoms with E-state index in [1.807, 2.05) is 30.5 Å². The molecule has 1 unspecified atom stereocenters. The molecule has 1 aromatic carbocycles. The number of ether oxygens (including phenoxy) is 1. The summed E-state index contributed by atoms with van der Waals surface area (Å²) in [5.74, 6) is -0.350. The third-order valence-electron chi connectivity index (χ3n) is 2.41. The van der Waals surface area contributed by atoms with Crippen LogP contribution in [0.2, 0.25) is 0 Å². The maximum absolute atomic E-state index is 11.7. The first kappa shape index (κ1) is 15.4. The van der Waals surface area contributed by atoms with E-state index in [9.17, 15) is 9.59 Å². The van der Waals surface area contributed by atoms with Crippen LogP contribution in [0.15, 0.2) is 29.2 Å². The second kappa shape index (κ2) is 7.68. The van der Waals surface area contributed by atoms with Gasteiger partial charge in [-0.25, -0.2) is 4.79 Å². The van der Waals surface area contributed by atoms with Gasteiger partial charge >= 0.3 is 12.0 Å². The Bertz CT molecular complexity index is 451. The number of benzene rings is 1. The van der Waals surface area contributed by atoms with Crippen molar-refractivity contribution in [3.05, 3.63) is 24.3 Å². The van der Waals surface area contributed by atoms with Crippen LogP contribution in [0.25, 0.3) is 0 Å². The number of carbonyl (C=O) groups is 2. The van der Waals surface area contributed by atoms with Gasteiger partial charge in [0.05, 0.1) is 13.5 Å². The summed E-state index contributed by atoms with van der Waals surface area (Å²) in [5, 5.41) is 5.40. The van der Waals surface area contributed by atoms with E-state index in [1.54, 1.807) is 18.7 Å². The highest BCUT2D eigenvalue weighted by atomic mass is 32.2. The molecule has 0 bridgehead atoms. The van der Waals surface area contributed by atoms with Crippen LogP contribution in [0.5, 0.6) is 0 Å². The van der Waals surface area contributed by atoms with Gasteiger partial charge in [-0.2, -0.15) is 0 Å². The zero-order valence-electron chi connectivity index (χ0n) is 11.2. The summed E-state index contributed by atoms with van der Waals surface area (Å²) in [4.78, 5) is 23.8. The van der Waals surface area contributed by atoms with Crippen molar-refractivity contribution in [3.8, 4) is 0 Å². The Labute approximate surface area is 117 Å². The van der Waals surface area contributed by atoms with Crippen LogP contribution in [0.3, 0.4) is 0 Å². The van der Waals surface area contributed by atoms with E-state index in [0.29, 0.717) is 0 Å². The van der Waals surface area contributed by atoms with Crippen LogP contribution in [0.4, 0.5) is 10.5 Å². The van der Waals surface area contributed by atoms with Crippen LogP contribution < -0.4 is 10.6 Å². The lowest BCUT2D eigenvalue weighted by atomic mass is 10.2. The molecule has 0 spiro atoms. The Hall–Kier alpha value is -1.69. The van der Waals surface area contributed by atoms with Crippen molar-refractivity contribution in [2.45, 2.75) is 24.3 Å². The Balaban J connectivity index is 2.48. The highest BCUT2D eigenvalue weighted by molar-refractivity contribution is 7.98. The number of hydrogen-bond acceptors (Lipinski definition) is 4. The van der Waals surface area contributed by atoms with Crippen molar-refractivity contribution in [2.75, 3.05) is 18.7 Å². The molecule has 0 fully saturated rings. The van der Waals surface area contributed by atoms with Gasteiger partial charge in [-0.05, 0) is 31.4 Å². The summed E-state index contributed by atoms with van der Waals surface area (Å²) in [6, 6.07) is 6.91. The van der Waals surface area contributed by atoms with E-state index in [2.05, 4.69) is 15.4 Å². The molecule has 19 heavy (non-hydrogen) atoms. The SMILES string of the molecule is COC(=O)CC(C)NC(=O)Nc1cccc(SC)c1. The molecule has 0 heterocycles. The fraction of sp³-hybridized carbons (Fsp3) is 0.385. The Kier molecular flexibility index (Phi) is 6.21. The molecule has 5 nitrogen and oxygen atoms in total. The summed E-state index contributed by atoms with van der Waals surface area (Å²) in [7, 11) is 1.32. The van der Waals surface area contributed by atoms with E-state index in [1.165, 1.54) is 7.11 Å². The molecule has 0 aliphatic heterocycles. The smallest absolute Gasteiger partial charge is 0.319 e. The van der Waals surface area contributed by atoms with Gasteiger partial charge in [0.2, 0.25) is 0 Å². The summed E-state index contributed by atoms with van der Waals surface area (Å²) in [6.45, 7) is 1.74. The molecule has 0 aromatic heterocycles. The number of amides is 2. The lowest BCUT2D eigenvalue weighted by molar-refractivity contribution is -0.141. The maximum Gasteiger partial charge on any atom is 0.319 e. The second-order valence-corrected chi connectivity index (χ2v) is 4.89. The van der Waals surface area contributed by atoms with Crippen molar-refractivity contribution in [3.63, 3.8) is 0 Å². The maximum atomic E-state index is 11.7. The molecule has 1 rings (SSSR count). The first-order chi connectivity index (χ1) is 9.05. The molecule has 0 radical (unpaired) electrons. The number of methoxy groups -OCH3 is 1. The first-order valence-electron chi connectivity index (χ1n) is 5.83. The fourth-order valence-corrected chi connectivity index (χ4v) is 1.94. The van der Waals surface area contributed by atoms with Gasteiger partial charge in [-0.15, -0.1) is 11.8 Å². The number of rotatable bonds is 5. The monoisotopic (exact) mass is 282 g/mol. The number of anilines is 1. The third-order valence-corrected chi connectivity index (χ3v) is 3.13. The van der Waals surface area contributed by atoms with Crippen molar-refractivity contribution in [2.24, 2.45) is 0 Å². The van der Waals surface area contributed by atoms with Gasteiger partial charge < -0.3 is 15.4 Å². The molecule has 0 aliphatic carbocycles. The lowest BCUT2D eigenvalue weighted by Crippen LogP contribution is -2.37. The van der Waals surface area contributed by atoms with E-state index in [-0.39, 0.29) is 24.5 Å². The number of urea groups is 1. The van der Waals surface area contributed by atoms with E-state index in [4.69, 9.17) is 0 Å². The van der Waals surface area contributed by atoms with Crippen molar-refractivity contribution in [1.29, 1.82) is 0 Å². The summed E-state index contributed by atoms with van der Waals surface area (Å²) >= 11 is 1.60. The minimum absolute atomic E-state index is 0.148. The summed E-state index contributed by atoms with van der Waals surface area (Å²) in [6.07, 6.45) is 2.12. The predicted octanol–water partition coefficient (Wildman–Crippen LogP) is 2.48. The van der Waals surface area contributed by atoms with Crippen molar-refractivity contribution < 1.29 is 14.3 Å². The van der Waals surface area contributed by atoms with Crippen LogP contribution in [0.1, 0.15) is 13.3 Å². The molecule has 1 atom stereocenters. The molecule has 0 aliphatic rings. The predicted molar refractivity (Wildman–Crippen MR) is 76.5 cm³/mol. The van der Waals surface area contributed by atoms with Gasteiger partial charge in [-0.1, -0.05) is 6.07 Å². The average molecular weight is 282 g/mol. The van der Waals surface area contributed by atoms with Crippen LogP contribution in [-0.4, -0.2) is 31.4 Å². The number of thioether (sulfide) groups is 1. The quantitative estimate of drug-likeness (QED) is 0.643. The number of esters is 1. The molecular weight excluding hydrogens is 264 g/mol. The number of hydrogen-bond donors (Lipinski definition) is 2. The minimum atomic E-state index is -0.350. The van der Waals surface area contributed by atoms with E-state index in [0.717, 1.165) is 10.6 Å². The molecular formula is C13H18N2O3S. The van der Waals surface area contributed by atoms with Gasteiger partial charge in [0.25, 0.3) is 0 Å². The fourth-order valence-electron chi connectivity index (χ4n) is 1.48. The topological polar surface area (TPSA) is 67.4 Å². The van der Waals surface area contributed by atoms with Crippen LogP contribution in [-0.2, 0) is 9.53 Å². The molecule has 2 amide bonds. The van der Waals surface area contributed by atoms with Crippen molar-refractivity contribution >= 4 is 29.4 Å². The summed E-state index contributed by atoms with van der Waals surface area (Å²) in [5.41, 5.74) is 0.717. The molecule has 2 N–H and O–H groups in total. The second-order valence-electron chi connectivity index (χ2n) is 4.01. The van der Waals surface area contributed by atoms with Gasteiger partial charge in [0.1, 0.15) is 0 Å². The Morgan fingerprint density at radius 2 is 2.16 bits per heavy atom. The Morgan fingerprint density at radius 1 is 1.42 bits per heavy atom. The average Bonchev–Trinajstić information content (AvgIpc) is 2.38. The molecule has 104 valence electrons. The molecule has 0 saturated heterocycles. The van der Waals surface area contributed by atoms with Crippen LogP contribution >= 0.6 is 11.8 Å². The van der Waals surface area contributed by atoms with Gasteiger partial charge in [0.15, 0.2) is 0 Å². The highest BCUT2D eigenvalue weighted by Crippen LogP contribution is 2.18. The largest absolute Gasteiger partial charge is 0.469 e. The third kappa shape index (κ3) is 5.65. The normalized spacial score (nSPS) is 11.5. The Morgan fingerprint density at radius 3 is 2.79 bits per heavy atom. The molecule has 6 heteroatoms. The standard InChI is InChI=1S/C13H18N2O3S/c1-9(7-12(16)18-2)14-13(17)15-10-5-4-6-11(8-10)19-3/h4-6,8-9H,7H2,1-3H3,(H2,14,15,17). The summed E-state index contributed by atoms with van der Waals surface area (Å²) < 4.78 is 4.54. The minimum Gasteiger partial charge on any atom is -0.469 e. The lowest BCUT2D eigenvalue weighted by Gasteiger charge is -2.13. The molecule has 0 saturated carbocycles. The van der Waals surface area contributed by atoms with E-state index >= 15 is 0 Å². The van der Waals surface area contributed by atoms with E-state index < -0.39 is 0 Å².